The highest BCUT2D eigenvalue weighted by atomic mass is 16.2. The molecule has 0 unspecified atom stereocenters. The van der Waals surface area contributed by atoms with Gasteiger partial charge in [-0.25, -0.2) is 0 Å². The summed E-state index contributed by atoms with van der Waals surface area (Å²) in [5, 5.41) is 5.69. The third-order valence-corrected chi connectivity index (χ3v) is 4.11. The molecule has 0 atom stereocenters. The molecule has 1 aromatic heterocycles. The van der Waals surface area contributed by atoms with Gasteiger partial charge in [0.25, 0.3) is 5.91 Å². The second-order valence-electron chi connectivity index (χ2n) is 6.87. The van der Waals surface area contributed by atoms with Crippen molar-refractivity contribution in [2.45, 2.75) is 6.54 Å². The Morgan fingerprint density at radius 3 is 2.18 bits per heavy atom. The van der Waals surface area contributed by atoms with Crippen LogP contribution in [0.4, 0.5) is 11.4 Å². The summed E-state index contributed by atoms with van der Waals surface area (Å²) in [6, 6.07) is 18.6. The van der Waals surface area contributed by atoms with Crippen LogP contribution in [0.15, 0.2) is 73.1 Å². The summed E-state index contributed by atoms with van der Waals surface area (Å²) in [6.07, 6.45) is 4.01. The van der Waals surface area contributed by atoms with Gasteiger partial charge < -0.3 is 20.1 Å². The Morgan fingerprint density at radius 2 is 1.54 bits per heavy atom. The molecule has 0 saturated heterocycles. The van der Waals surface area contributed by atoms with Gasteiger partial charge in [-0.1, -0.05) is 18.2 Å². The Kier molecular flexibility index (Phi) is 6.24. The van der Waals surface area contributed by atoms with Gasteiger partial charge in [-0.3, -0.25) is 9.59 Å². The molecule has 0 aliphatic carbocycles. The van der Waals surface area contributed by atoms with Crippen LogP contribution in [0.25, 0.3) is 0 Å². The summed E-state index contributed by atoms with van der Waals surface area (Å²) in [7, 11) is 3.67. The van der Waals surface area contributed by atoms with Crippen LogP contribution in [0, 0.1) is 0 Å². The minimum atomic E-state index is -0.190. The third-order valence-electron chi connectivity index (χ3n) is 4.11. The van der Waals surface area contributed by atoms with Crippen molar-refractivity contribution in [2.24, 2.45) is 0 Å². The molecule has 0 aliphatic rings. The van der Waals surface area contributed by atoms with E-state index in [-0.39, 0.29) is 11.8 Å². The highest BCUT2D eigenvalue weighted by molar-refractivity contribution is 6.04. The number of carbonyl (C=O) groups is 2. The lowest BCUT2D eigenvalue weighted by molar-refractivity contribution is -0.116. The summed E-state index contributed by atoms with van der Waals surface area (Å²) in [6.45, 7) is 1.07. The average Bonchev–Trinajstić information content (AvgIpc) is 3.15. The van der Waals surface area contributed by atoms with Crippen molar-refractivity contribution in [1.29, 1.82) is 0 Å². The normalized spacial score (nSPS) is 10.7. The third kappa shape index (κ3) is 5.56. The maximum absolute atomic E-state index is 12.5. The first-order chi connectivity index (χ1) is 13.5. The summed E-state index contributed by atoms with van der Waals surface area (Å²) < 4.78 is 2.07. The number of likely N-dealkylation sites (N-methyl/N-ethyl adjacent to an activating group) is 1. The minimum absolute atomic E-state index is 0.105. The van der Waals surface area contributed by atoms with Crippen molar-refractivity contribution in [3.05, 3.63) is 84.2 Å². The highest BCUT2D eigenvalue weighted by Gasteiger charge is 2.08. The average molecular weight is 376 g/mol. The summed E-state index contributed by atoms with van der Waals surface area (Å²) >= 11 is 0. The zero-order valence-corrected chi connectivity index (χ0v) is 16.1. The highest BCUT2D eigenvalue weighted by Crippen LogP contribution is 2.16. The number of aromatic nitrogens is 1. The zero-order chi connectivity index (χ0) is 19.9. The molecule has 144 valence electrons. The second kappa shape index (κ2) is 9.01. The molecule has 0 saturated carbocycles. The first kappa shape index (κ1) is 19.4. The molecule has 3 aromatic rings. The van der Waals surface area contributed by atoms with E-state index >= 15 is 0 Å². The van der Waals surface area contributed by atoms with E-state index < -0.39 is 0 Å². The first-order valence-electron chi connectivity index (χ1n) is 9.05. The van der Waals surface area contributed by atoms with Gasteiger partial charge in [-0.05, 0) is 62.1 Å². The van der Waals surface area contributed by atoms with Crippen molar-refractivity contribution in [3.63, 3.8) is 0 Å². The first-order valence-corrected chi connectivity index (χ1v) is 9.05. The van der Waals surface area contributed by atoms with E-state index in [9.17, 15) is 9.59 Å². The van der Waals surface area contributed by atoms with Crippen molar-refractivity contribution in [1.82, 2.24) is 9.47 Å². The molecule has 6 nitrogen and oxygen atoms in total. The molecule has 0 fully saturated rings. The van der Waals surface area contributed by atoms with Gasteiger partial charge in [0.2, 0.25) is 5.91 Å². The minimum Gasteiger partial charge on any atom is -0.350 e. The molecule has 2 amide bonds. The Bertz CT molecular complexity index is 931. The van der Waals surface area contributed by atoms with Crippen LogP contribution in [-0.2, 0) is 11.3 Å². The molecule has 3 rings (SSSR count). The maximum atomic E-state index is 12.5. The number of hydrogen-bond acceptors (Lipinski definition) is 3. The van der Waals surface area contributed by atoms with Crippen LogP contribution in [0.5, 0.6) is 0 Å². The van der Waals surface area contributed by atoms with Crippen LogP contribution in [0.2, 0.25) is 0 Å². The van der Waals surface area contributed by atoms with E-state index in [2.05, 4.69) is 15.2 Å². The molecule has 0 bridgehead atoms. The predicted molar refractivity (Wildman–Crippen MR) is 112 cm³/mol. The summed E-state index contributed by atoms with van der Waals surface area (Å²) in [5.41, 5.74) is 2.98. The molecule has 2 aromatic carbocycles. The number of amides is 2. The Morgan fingerprint density at radius 1 is 0.893 bits per heavy atom. The molecule has 1 heterocycles. The molecular weight excluding hydrogens is 352 g/mol. The summed E-state index contributed by atoms with van der Waals surface area (Å²) in [5.74, 6) is -0.295. The molecule has 2 N–H and O–H groups in total. The standard InChI is InChI=1S/C22H24N4O2/c1-25(2)16-21(27)23-19-6-5-7-20(14-19)24-22(28)18-10-8-17(9-11-18)15-26-12-3-4-13-26/h3-14H,15-16H2,1-2H3,(H,23,27)(H,24,28). The van der Waals surface area contributed by atoms with E-state index in [4.69, 9.17) is 0 Å². The quantitative estimate of drug-likeness (QED) is 0.665. The van der Waals surface area contributed by atoms with Crippen LogP contribution >= 0.6 is 0 Å². The molecule has 0 spiro atoms. The van der Waals surface area contributed by atoms with E-state index in [1.54, 1.807) is 29.2 Å². The fraction of sp³-hybridized carbons (Fsp3) is 0.182. The van der Waals surface area contributed by atoms with Gasteiger partial charge in [-0.15, -0.1) is 0 Å². The zero-order valence-electron chi connectivity index (χ0n) is 16.1. The van der Waals surface area contributed by atoms with Crippen LogP contribution < -0.4 is 10.6 Å². The van der Waals surface area contributed by atoms with Gasteiger partial charge in [0.1, 0.15) is 0 Å². The predicted octanol–water partition coefficient (Wildman–Crippen LogP) is 3.29. The van der Waals surface area contributed by atoms with E-state index in [0.717, 1.165) is 12.1 Å². The van der Waals surface area contributed by atoms with Crippen molar-refractivity contribution < 1.29 is 9.59 Å². The monoisotopic (exact) mass is 376 g/mol. The molecule has 6 heteroatoms. The van der Waals surface area contributed by atoms with E-state index in [1.165, 1.54) is 0 Å². The lowest BCUT2D eigenvalue weighted by Gasteiger charge is -2.11. The second-order valence-corrected chi connectivity index (χ2v) is 6.87. The number of benzene rings is 2. The SMILES string of the molecule is CN(C)CC(=O)Nc1cccc(NC(=O)c2ccc(Cn3cccc3)cc2)c1. The fourth-order valence-corrected chi connectivity index (χ4v) is 2.81. The lowest BCUT2D eigenvalue weighted by atomic mass is 10.1. The molecular formula is C22H24N4O2. The van der Waals surface area contributed by atoms with E-state index in [0.29, 0.717) is 23.5 Å². The van der Waals surface area contributed by atoms with Crippen molar-refractivity contribution in [2.75, 3.05) is 31.3 Å². The van der Waals surface area contributed by atoms with Crippen LogP contribution in [-0.4, -0.2) is 41.9 Å². The van der Waals surface area contributed by atoms with Crippen LogP contribution in [0.1, 0.15) is 15.9 Å². The van der Waals surface area contributed by atoms with Gasteiger partial charge >= 0.3 is 0 Å². The number of carbonyl (C=O) groups excluding carboxylic acids is 2. The summed E-state index contributed by atoms with van der Waals surface area (Å²) in [4.78, 5) is 26.2. The topological polar surface area (TPSA) is 66.4 Å². The van der Waals surface area contributed by atoms with Crippen molar-refractivity contribution >= 4 is 23.2 Å². The molecule has 28 heavy (non-hydrogen) atoms. The Labute approximate surface area is 164 Å². The number of anilines is 2. The van der Waals surface area contributed by atoms with Gasteiger partial charge in [0.05, 0.1) is 6.54 Å². The van der Waals surface area contributed by atoms with Gasteiger partial charge in [0, 0.05) is 35.9 Å². The van der Waals surface area contributed by atoms with Crippen molar-refractivity contribution in [3.8, 4) is 0 Å². The number of rotatable bonds is 7. The largest absolute Gasteiger partial charge is 0.350 e. The van der Waals surface area contributed by atoms with E-state index in [1.807, 2.05) is 62.9 Å². The number of nitrogens with one attached hydrogen (secondary N) is 2. The molecule has 0 aliphatic heterocycles. The van der Waals surface area contributed by atoms with Gasteiger partial charge in [0.15, 0.2) is 0 Å². The Balaban J connectivity index is 1.61. The Hall–Kier alpha value is -3.38. The molecule has 0 radical (unpaired) electrons. The number of nitrogens with zero attached hydrogens (tertiary/aromatic N) is 2. The smallest absolute Gasteiger partial charge is 0.255 e. The van der Waals surface area contributed by atoms with Gasteiger partial charge in [-0.2, -0.15) is 0 Å². The fourth-order valence-electron chi connectivity index (χ4n) is 2.81. The lowest BCUT2D eigenvalue weighted by Crippen LogP contribution is -2.27. The maximum Gasteiger partial charge on any atom is 0.255 e. The number of hydrogen-bond donors (Lipinski definition) is 2. The van der Waals surface area contributed by atoms with Crippen LogP contribution in [0.3, 0.4) is 0 Å².